The summed E-state index contributed by atoms with van der Waals surface area (Å²) in [5, 5.41) is 4.08. The largest absolute Gasteiger partial charge is 0.360 e. The monoisotopic (exact) mass is 272 g/mol. The number of aromatic nitrogens is 1. The van der Waals surface area contributed by atoms with Gasteiger partial charge in [-0.15, -0.1) is 0 Å². The molecule has 1 amide bonds. The number of nitrogens with one attached hydrogen (secondary N) is 2. The standard InChI is InChI=1S/C17H24N2O/c1-3-4-5-6-9-13(2)19-17(20)15-12-18-16-11-8-7-10-14(15)16/h7-8,10-13,18H,3-6,9H2,1-2H3,(H,19,20). The highest BCUT2D eigenvalue weighted by Crippen LogP contribution is 2.17. The first-order valence-electron chi connectivity index (χ1n) is 7.59. The molecule has 1 aromatic heterocycles. The smallest absolute Gasteiger partial charge is 0.253 e. The van der Waals surface area contributed by atoms with Crippen LogP contribution in [0.2, 0.25) is 0 Å². The molecule has 0 radical (unpaired) electrons. The molecule has 108 valence electrons. The Labute approximate surface area is 120 Å². The summed E-state index contributed by atoms with van der Waals surface area (Å²) in [5.74, 6) is 0.0189. The first kappa shape index (κ1) is 14.6. The van der Waals surface area contributed by atoms with Gasteiger partial charge in [0.25, 0.3) is 5.91 Å². The van der Waals surface area contributed by atoms with Crippen molar-refractivity contribution in [3.05, 3.63) is 36.0 Å². The number of fused-ring (bicyclic) bond motifs is 1. The molecule has 0 aliphatic carbocycles. The van der Waals surface area contributed by atoms with Gasteiger partial charge in [0.15, 0.2) is 0 Å². The zero-order chi connectivity index (χ0) is 14.4. The lowest BCUT2D eigenvalue weighted by molar-refractivity contribution is 0.0939. The van der Waals surface area contributed by atoms with Gasteiger partial charge in [0.1, 0.15) is 0 Å². The summed E-state index contributed by atoms with van der Waals surface area (Å²) in [4.78, 5) is 15.4. The van der Waals surface area contributed by atoms with Crippen LogP contribution >= 0.6 is 0 Å². The normalized spacial score (nSPS) is 12.5. The van der Waals surface area contributed by atoms with E-state index in [4.69, 9.17) is 0 Å². The van der Waals surface area contributed by atoms with Gasteiger partial charge in [0, 0.05) is 23.1 Å². The van der Waals surface area contributed by atoms with Crippen molar-refractivity contribution in [1.29, 1.82) is 0 Å². The number of hydrogen-bond acceptors (Lipinski definition) is 1. The molecule has 1 unspecified atom stereocenters. The highest BCUT2D eigenvalue weighted by molar-refractivity contribution is 6.06. The van der Waals surface area contributed by atoms with Gasteiger partial charge in [-0.05, 0) is 19.4 Å². The Kier molecular flexibility index (Phi) is 5.22. The van der Waals surface area contributed by atoms with E-state index in [0.29, 0.717) is 0 Å². The number of para-hydroxylation sites is 1. The van der Waals surface area contributed by atoms with Gasteiger partial charge < -0.3 is 10.3 Å². The molecule has 2 N–H and O–H groups in total. The average molecular weight is 272 g/mol. The summed E-state index contributed by atoms with van der Waals surface area (Å²) in [5.41, 5.74) is 1.74. The third kappa shape index (κ3) is 3.62. The van der Waals surface area contributed by atoms with E-state index >= 15 is 0 Å². The van der Waals surface area contributed by atoms with Gasteiger partial charge in [-0.2, -0.15) is 0 Å². The fourth-order valence-corrected chi connectivity index (χ4v) is 2.51. The van der Waals surface area contributed by atoms with Crippen molar-refractivity contribution >= 4 is 16.8 Å². The van der Waals surface area contributed by atoms with Crippen molar-refractivity contribution in [2.45, 2.75) is 52.0 Å². The van der Waals surface area contributed by atoms with Gasteiger partial charge >= 0.3 is 0 Å². The number of hydrogen-bond donors (Lipinski definition) is 2. The van der Waals surface area contributed by atoms with Crippen molar-refractivity contribution in [1.82, 2.24) is 10.3 Å². The molecule has 1 heterocycles. The Morgan fingerprint density at radius 1 is 1.25 bits per heavy atom. The van der Waals surface area contributed by atoms with Gasteiger partial charge in [-0.1, -0.05) is 50.8 Å². The molecule has 1 atom stereocenters. The second kappa shape index (κ2) is 7.13. The lowest BCUT2D eigenvalue weighted by Crippen LogP contribution is -2.32. The Balaban J connectivity index is 1.91. The second-order valence-corrected chi connectivity index (χ2v) is 5.47. The van der Waals surface area contributed by atoms with Crippen LogP contribution in [0.1, 0.15) is 56.3 Å². The van der Waals surface area contributed by atoms with Gasteiger partial charge in [-0.25, -0.2) is 0 Å². The van der Waals surface area contributed by atoms with Crippen molar-refractivity contribution in [2.24, 2.45) is 0 Å². The van der Waals surface area contributed by atoms with Crippen molar-refractivity contribution in [3.8, 4) is 0 Å². The summed E-state index contributed by atoms with van der Waals surface area (Å²) in [7, 11) is 0. The topological polar surface area (TPSA) is 44.9 Å². The summed E-state index contributed by atoms with van der Waals surface area (Å²) in [6.07, 6.45) is 7.81. The van der Waals surface area contributed by atoms with E-state index in [1.807, 2.05) is 24.3 Å². The predicted molar refractivity (Wildman–Crippen MR) is 84.0 cm³/mol. The first-order valence-corrected chi connectivity index (χ1v) is 7.59. The minimum atomic E-state index is 0.0189. The molecule has 0 fully saturated rings. The van der Waals surface area contributed by atoms with Crippen LogP contribution in [0.4, 0.5) is 0 Å². The zero-order valence-electron chi connectivity index (χ0n) is 12.4. The maximum absolute atomic E-state index is 12.3. The fraction of sp³-hybridized carbons (Fsp3) is 0.471. The van der Waals surface area contributed by atoms with Gasteiger partial charge in [0.05, 0.1) is 5.56 Å². The van der Waals surface area contributed by atoms with Crippen LogP contribution in [0.3, 0.4) is 0 Å². The maximum Gasteiger partial charge on any atom is 0.253 e. The molecule has 0 saturated carbocycles. The number of benzene rings is 1. The van der Waals surface area contributed by atoms with E-state index in [0.717, 1.165) is 22.9 Å². The van der Waals surface area contributed by atoms with E-state index in [-0.39, 0.29) is 11.9 Å². The molecule has 0 saturated heterocycles. The molecular formula is C17H24N2O. The molecule has 1 aromatic carbocycles. The second-order valence-electron chi connectivity index (χ2n) is 5.47. The third-order valence-electron chi connectivity index (χ3n) is 3.70. The number of aromatic amines is 1. The molecule has 3 nitrogen and oxygen atoms in total. The SMILES string of the molecule is CCCCCCC(C)NC(=O)c1c[nH]c2ccccc12. The van der Waals surface area contributed by atoms with Crippen molar-refractivity contribution < 1.29 is 4.79 Å². The third-order valence-corrected chi connectivity index (χ3v) is 3.70. The summed E-state index contributed by atoms with van der Waals surface area (Å²) >= 11 is 0. The minimum Gasteiger partial charge on any atom is -0.360 e. The highest BCUT2D eigenvalue weighted by atomic mass is 16.1. The Morgan fingerprint density at radius 3 is 2.85 bits per heavy atom. The predicted octanol–water partition coefficient (Wildman–Crippen LogP) is 4.26. The van der Waals surface area contributed by atoms with Crippen LogP contribution in [-0.4, -0.2) is 16.9 Å². The molecule has 0 aliphatic heterocycles. The Morgan fingerprint density at radius 2 is 2.05 bits per heavy atom. The quantitative estimate of drug-likeness (QED) is 0.727. The lowest BCUT2D eigenvalue weighted by atomic mass is 10.1. The average Bonchev–Trinajstić information content (AvgIpc) is 2.87. The van der Waals surface area contributed by atoms with Crippen LogP contribution in [0.25, 0.3) is 10.9 Å². The molecule has 0 bridgehead atoms. The number of carbonyl (C=O) groups is 1. The summed E-state index contributed by atoms with van der Waals surface area (Å²) in [6.45, 7) is 4.29. The maximum atomic E-state index is 12.3. The van der Waals surface area contributed by atoms with E-state index in [1.165, 1.54) is 25.7 Å². The van der Waals surface area contributed by atoms with E-state index in [9.17, 15) is 4.79 Å². The highest BCUT2D eigenvalue weighted by Gasteiger charge is 2.13. The number of unbranched alkanes of at least 4 members (excludes halogenated alkanes) is 3. The van der Waals surface area contributed by atoms with Gasteiger partial charge in [-0.3, -0.25) is 4.79 Å². The van der Waals surface area contributed by atoms with E-state index in [2.05, 4.69) is 24.1 Å². The molecule has 2 rings (SSSR count). The minimum absolute atomic E-state index is 0.0189. The number of H-pyrrole nitrogens is 1. The van der Waals surface area contributed by atoms with Crippen LogP contribution in [0.15, 0.2) is 30.5 Å². The Bertz CT molecular complexity index is 559. The van der Waals surface area contributed by atoms with E-state index < -0.39 is 0 Å². The molecule has 2 aromatic rings. The van der Waals surface area contributed by atoms with Crippen molar-refractivity contribution in [3.63, 3.8) is 0 Å². The van der Waals surface area contributed by atoms with Crippen LogP contribution in [0, 0.1) is 0 Å². The summed E-state index contributed by atoms with van der Waals surface area (Å²) in [6, 6.07) is 8.12. The Hall–Kier alpha value is -1.77. The molecule has 0 spiro atoms. The molecule has 3 heteroatoms. The lowest BCUT2D eigenvalue weighted by Gasteiger charge is -2.13. The fourth-order valence-electron chi connectivity index (χ4n) is 2.51. The summed E-state index contributed by atoms with van der Waals surface area (Å²) < 4.78 is 0. The van der Waals surface area contributed by atoms with E-state index in [1.54, 1.807) is 6.20 Å². The number of rotatable bonds is 7. The molecule has 0 aliphatic rings. The first-order chi connectivity index (χ1) is 9.72. The zero-order valence-corrected chi connectivity index (χ0v) is 12.4. The van der Waals surface area contributed by atoms with Gasteiger partial charge in [0.2, 0.25) is 0 Å². The van der Waals surface area contributed by atoms with Crippen molar-refractivity contribution in [2.75, 3.05) is 0 Å². The molecule has 20 heavy (non-hydrogen) atoms. The van der Waals surface area contributed by atoms with Crippen LogP contribution in [-0.2, 0) is 0 Å². The number of amides is 1. The van der Waals surface area contributed by atoms with Crippen LogP contribution in [0.5, 0.6) is 0 Å². The molecular weight excluding hydrogens is 248 g/mol. The van der Waals surface area contributed by atoms with Crippen LogP contribution < -0.4 is 5.32 Å². The number of carbonyl (C=O) groups excluding carboxylic acids is 1.